The number of nitrogens with two attached hydrogens (primary N) is 1. The van der Waals surface area contributed by atoms with Gasteiger partial charge < -0.3 is 10.8 Å². The Labute approximate surface area is 95.3 Å². The molecule has 90 valence electrons. The van der Waals surface area contributed by atoms with E-state index < -0.39 is 10.0 Å². The van der Waals surface area contributed by atoms with E-state index in [1.807, 2.05) is 0 Å². The van der Waals surface area contributed by atoms with Crippen molar-refractivity contribution in [3.8, 4) is 0 Å². The van der Waals surface area contributed by atoms with Crippen molar-refractivity contribution in [1.29, 1.82) is 0 Å². The van der Waals surface area contributed by atoms with Crippen LogP contribution in [0, 0.1) is 0 Å². The number of benzene rings is 1. The molecule has 0 saturated carbocycles. The molecule has 5 nitrogen and oxygen atoms in total. The average molecular weight is 244 g/mol. The third kappa shape index (κ3) is 2.59. The summed E-state index contributed by atoms with van der Waals surface area (Å²) in [6.07, 6.45) is 0. The number of sulfonamides is 1. The minimum Gasteiger partial charge on any atom is -0.396 e. The van der Waals surface area contributed by atoms with Crippen LogP contribution in [0.15, 0.2) is 29.2 Å². The zero-order chi connectivity index (χ0) is 12.2. The maximum Gasteiger partial charge on any atom is 0.240 e. The van der Waals surface area contributed by atoms with Gasteiger partial charge in [-0.15, -0.1) is 0 Å². The monoisotopic (exact) mass is 244 g/mol. The molecule has 0 bridgehead atoms. The normalized spacial score (nSPS) is 13.7. The predicted molar refractivity (Wildman–Crippen MR) is 61.6 cm³/mol. The molecule has 1 atom stereocenters. The van der Waals surface area contributed by atoms with Gasteiger partial charge in [-0.05, 0) is 18.7 Å². The van der Waals surface area contributed by atoms with Crippen LogP contribution in [0.25, 0.3) is 0 Å². The number of hydrogen-bond donors (Lipinski definition) is 3. The van der Waals surface area contributed by atoms with Gasteiger partial charge in [0.2, 0.25) is 10.0 Å². The Balaban J connectivity index is 3.30. The molecule has 4 N–H and O–H groups in total. The molecule has 0 spiro atoms. The molecule has 16 heavy (non-hydrogen) atoms. The molecule has 0 saturated heterocycles. The topological polar surface area (TPSA) is 92.4 Å². The lowest BCUT2D eigenvalue weighted by molar-refractivity contribution is 0.266. The quantitative estimate of drug-likeness (QED) is 0.659. The van der Waals surface area contributed by atoms with E-state index in [0.717, 1.165) is 0 Å². The molecule has 0 fully saturated rings. The molecule has 0 heterocycles. The molecule has 1 aromatic carbocycles. The first-order valence-electron chi connectivity index (χ1n) is 4.90. The van der Waals surface area contributed by atoms with E-state index in [1.165, 1.54) is 13.1 Å². The van der Waals surface area contributed by atoms with Crippen molar-refractivity contribution in [2.75, 3.05) is 20.2 Å². The molecule has 1 rings (SSSR count). The molecule has 0 aliphatic heterocycles. The lowest BCUT2D eigenvalue weighted by atomic mass is 10.0. The van der Waals surface area contributed by atoms with Gasteiger partial charge in [-0.25, -0.2) is 13.1 Å². The second kappa shape index (κ2) is 5.40. The fraction of sp³-hybridized carbons (Fsp3) is 0.400. The van der Waals surface area contributed by atoms with E-state index in [0.29, 0.717) is 5.56 Å². The van der Waals surface area contributed by atoms with Crippen LogP contribution in [0.3, 0.4) is 0 Å². The first-order valence-corrected chi connectivity index (χ1v) is 6.38. The number of hydrogen-bond acceptors (Lipinski definition) is 4. The average Bonchev–Trinajstić information content (AvgIpc) is 2.31. The first-order chi connectivity index (χ1) is 7.56. The van der Waals surface area contributed by atoms with Crippen molar-refractivity contribution in [2.45, 2.75) is 10.8 Å². The molecular formula is C10H16N2O3S. The predicted octanol–water partition coefficient (Wildman–Crippen LogP) is -0.371. The van der Waals surface area contributed by atoms with Gasteiger partial charge in [-0.3, -0.25) is 0 Å². The summed E-state index contributed by atoms with van der Waals surface area (Å²) in [6, 6.07) is 6.53. The summed E-state index contributed by atoms with van der Waals surface area (Å²) in [5, 5.41) is 9.15. The second-order valence-corrected chi connectivity index (χ2v) is 5.22. The van der Waals surface area contributed by atoms with Gasteiger partial charge in [0.05, 0.1) is 11.5 Å². The highest BCUT2D eigenvalue weighted by molar-refractivity contribution is 7.89. The van der Waals surface area contributed by atoms with Gasteiger partial charge in [0.25, 0.3) is 0 Å². The van der Waals surface area contributed by atoms with E-state index in [1.54, 1.807) is 18.2 Å². The molecule has 0 aromatic heterocycles. The minimum atomic E-state index is -3.51. The van der Waals surface area contributed by atoms with E-state index in [-0.39, 0.29) is 24.0 Å². The summed E-state index contributed by atoms with van der Waals surface area (Å²) in [7, 11) is -2.16. The largest absolute Gasteiger partial charge is 0.396 e. The maximum absolute atomic E-state index is 11.7. The molecule has 0 aliphatic rings. The minimum absolute atomic E-state index is 0.169. The Morgan fingerprint density at radius 1 is 1.44 bits per heavy atom. The number of rotatable bonds is 5. The first kappa shape index (κ1) is 13.1. The van der Waals surface area contributed by atoms with Crippen LogP contribution in [0.5, 0.6) is 0 Å². The molecule has 0 radical (unpaired) electrons. The van der Waals surface area contributed by atoms with Crippen molar-refractivity contribution in [2.24, 2.45) is 5.73 Å². The second-order valence-electron chi connectivity index (χ2n) is 3.36. The maximum atomic E-state index is 11.7. The zero-order valence-electron chi connectivity index (χ0n) is 9.05. The molecule has 1 unspecified atom stereocenters. The summed E-state index contributed by atoms with van der Waals surface area (Å²) in [4.78, 5) is 0.169. The molecule has 6 heteroatoms. The van der Waals surface area contributed by atoms with Gasteiger partial charge in [0.1, 0.15) is 0 Å². The van der Waals surface area contributed by atoms with Crippen LogP contribution in [0.1, 0.15) is 11.5 Å². The molecular weight excluding hydrogens is 228 g/mol. The standard InChI is InChI=1S/C10H16N2O3S/c1-12-16(14,15)10-5-3-2-4-9(10)8(6-11)7-13/h2-5,8,12-13H,6-7,11H2,1H3. The van der Waals surface area contributed by atoms with Gasteiger partial charge in [-0.1, -0.05) is 18.2 Å². The Bertz CT molecular complexity index is 441. The van der Waals surface area contributed by atoms with Crippen molar-refractivity contribution in [3.63, 3.8) is 0 Å². The summed E-state index contributed by atoms with van der Waals surface area (Å²) < 4.78 is 25.7. The van der Waals surface area contributed by atoms with Gasteiger partial charge in [0, 0.05) is 12.5 Å². The van der Waals surface area contributed by atoms with E-state index in [9.17, 15) is 8.42 Å². The lowest BCUT2D eigenvalue weighted by Gasteiger charge is -2.16. The van der Waals surface area contributed by atoms with Crippen LogP contribution in [0.2, 0.25) is 0 Å². The van der Waals surface area contributed by atoms with Crippen LogP contribution < -0.4 is 10.5 Å². The summed E-state index contributed by atoms with van der Waals surface area (Å²) in [6.45, 7) is 0.0273. The lowest BCUT2D eigenvalue weighted by Crippen LogP contribution is -2.24. The number of nitrogens with one attached hydrogen (secondary N) is 1. The van der Waals surface area contributed by atoms with Crippen molar-refractivity contribution in [1.82, 2.24) is 4.72 Å². The molecule has 0 amide bonds. The van der Waals surface area contributed by atoms with Gasteiger partial charge in [-0.2, -0.15) is 0 Å². The van der Waals surface area contributed by atoms with Gasteiger partial charge >= 0.3 is 0 Å². The Morgan fingerprint density at radius 2 is 2.06 bits per heavy atom. The van der Waals surface area contributed by atoms with Crippen LogP contribution in [-0.2, 0) is 10.0 Å². The van der Waals surface area contributed by atoms with Crippen molar-refractivity contribution >= 4 is 10.0 Å². The van der Waals surface area contributed by atoms with E-state index >= 15 is 0 Å². The van der Waals surface area contributed by atoms with Crippen molar-refractivity contribution in [3.05, 3.63) is 29.8 Å². The van der Waals surface area contributed by atoms with Crippen LogP contribution in [0.4, 0.5) is 0 Å². The van der Waals surface area contributed by atoms with Crippen LogP contribution in [-0.4, -0.2) is 33.7 Å². The Hall–Kier alpha value is -0.950. The highest BCUT2D eigenvalue weighted by Gasteiger charge is 2.20. The van der Waals surface area contributed by atoms with Crippen LogP contribution >= 0.6 is 0 Å². The van der Waals surface area contributed by atoms with E-state index in [4.69, 9.17) is 10.8 Å². The summed E-state index contributed by atoms with van der Waals surface area (Å²) >= 11 is 0. The highest BCUT2D eigenvalue weighted by atomic mass is 32.2. The zero-order valence-corrected chi connectivity index (χ0v) is 9.87. The molecule has 1 aromatic rings. The number of aliphatic hydroxyl groups excluding tert-OH is 1. The highest BCUT2D eigenvalue weighted by Crippen LogP contribution is 2.22. The van der Waals surface area contributed by atoms with Crippen molar-refractivity contribution < 1.29 is 13.5 Å². The third-order valence-electron chi connectivity index (χ3n) is 2.42. The summed E-state index contributed by atoms with van der Waals surface area (Å²) in [5.74, 6) is -0.362. The third-order valence-corrected chi connectivity index (χ3v) is 3.91. The fourth-order valence-electron chi connectivity index (χ4n) is 1.47. The number of aliphatic hydroxyl groups is 1. The smallest absolute Gasteiger partial charge is 0.240 e. The van der Waals surface area contributed by atoms with E-state index in [2.05, 4.69) is 4.72 Å². The summed E-state index contributed by atoms with van der Waals surface area (Å²) in [5.41, 5.74) is 6.04. The molecule has 0 aliphatic carbocycles. The SMILES string of the molecule is CNS(=O)(=O)c1ccccc1C(CN)CO. The Kier molecular flexibility index (Phi) is 4.43. The fourth-order valence-corrected chi connectivity index (χ4v) is 2.49. The Morgan fingerprint density at radius 3 is 2.56 bits per heavy atom. The van der Waals surface area contributed by atoms with Gasteiger partial charge in [0.15, 0.2) is 0 Å².